The van der Waals surface area contributed by atoms with Crippen LogP contribution in [0.4, 0.5) is 5.69 Å². The van der Waals surface area contributed by atoms with Crippen molar-refractivity contribution in [2.24, 2.45) is 7.05 Å². The summed E-state index contributed by atoms with van der Waals surface area (Å²) in [6.07, 6.45) is 6.94. The van der Waals surface area contributed by atoms with Crippen molar-refractivity contribution in [1.82, 2.24) is 4.57 Å². The van der Waals surface area contributed by atoms with Gasteiger partial charge in [0, 0.05) is 47.6 Å². The first kappa shape index (κ1) is 15.9. The lowest BCUT2D eigenvalue weighted by Gasteiger charge is -2.34. The van der Waals surface area contributed by atoms with Gasteiger partial charge in [0.1, 0.15) is 0 Å². The van der Waals surface area contributed by atoms with Crippen molar-refractivity contribution in [2.75, 3.05) is 5.32 Å². The molecule has 2 heterocycles. The van der Waals surface area contributed by atoms with Gasteiger partial charge in [-0.25, -0.2) is 0 Å². The molecule has 0 aliphatic carbocycles. The van der Waals surface area contributed by atoms with E-state index in [9.17, 15) is 4.79 Å². The number of carbonyl (C=O) groups is 1. The first-order valence-electron chi connectivity index (χ1n) is 8.66. The minimum atomic E-state index is 0.0666. The third-order valence-electron chi connectivity index (χ3n) is 5.30. The van der Waals surface area contributed by atoms with Crippen LogP contribution in [0.5, 0.6) is 0 Å². The van der Waals surface area contributed by atoms with Gasteiger partial charge in [0.25, 0.3) is 0 Å². The molecule has 1 aliphatic rings. The van der Waals surface area contributed by atoms with E-state index in [1.807, 2.05) is 18.2 Å². The second-order valence-corrected chi connectivity index (χ2v) is 6.67. The lowest BCUT2D eigenvalue weighted by molar-refractivity contribution is -0.116. The van der Waals surface area contributed by atoms with Gasteiger partial charge in [0.15, 0.2) is 0 Å². The van der Waals surface area contributed by atoms with Gasteiger partial charge in [-0.15, -0.1) is 0 Å². The molecule has 0 bridgehead atoms. The molecule has 0 saturated carbocycles. The van der Waals surface area contributed by atoms with E-state index in [-0.39, 0.29) is 11.3 Å². The highest BCUT2D eigenvalue weighted by atomic mass is 16.1. The van der Waals surface area contributed by atoms with Gasteiger partial charge in [-0.1, -0.05) is 38.5 Å². The van der Waals surface area contributed by atoms with Crippen LogP contribution in [0.3, 0.4) is 0 Å². The van der Waals surface area contributed by atoms with E-state index >= 15 is 0 Å². The van der Waals surface area contributed by atoms with Crippen LogP contribution in [0.15, 0.2) is 36.5 Å². The average Bonchev–Trinajstić information content (AvgIpc) is 2.95. The average molecular weight is 310 g/mol. The number of benzene rings is 1. The van der Waals surface area contributed by atoms with Crippen molar-refractivity contribution in [2.45, 2.75) is 51.4 Å². The third kappa shape index (κ3) is 2.69. The van der Waals surface area contributed by atoms with Crippen LogP contribution in [0, 0.1) is 0 Å². The molecule has 1 aromatic carbocycles. The number of fused-ring (bicyclic) bond motifs is 3. The molecule has 122 valence electrons. The lowest BCUT2D eigenvalue weighted by atomic mass is 9.72. The van der Waals surface area contributed by atoms with Gasteiger partial charge in [-0.05, 0) is 31.4 Å². The Morgan fingerprint density at radius 3 is 2.70 bits per heavy atom. The molecule has 0 saturated heterocycles. The Morgan fingerprint density at radius 1 is 1.17 bits per heavy atom. The van der Waals surface area contributed by atoms with Crippen LogP contribution in [0.1, 0.15) is 51.6 Å². The molecule has 0 spiro atoms. The van der Waals surface area contributed by atoms with E-state index in [0.29, 0.717) is 6.42 Å². The fourth-order valence-electron chi connectivity index (χ4n) is 4.16. The topological polar surface area (TPSA) is 34.0 Å². The number of hydrogen-bond donors (Lipinski definition) is 1. The van der Waals surface area contributed by atoms with Crippen LogP contribution in [-0.4, -0.2) is 10.5 Å². The van der Waals surface area contributed by atoms with Crippen LogP contribution < -0.4 is 5.32 Å². The van der Waals surface area contributed by atoms with Gasteiger partial charge in [0.05, 0.1) is 0 Å². The Bertz CT molecular complexity index is 716. The van der Waals surface area contributed by atoms with Crippen molar-refractivity contribution in [3.05, 3.63) is 42.2 Å². The smallest absolute Gasteiger partial charge is 0.224 e. The number of anilines is 1. The molecule has 1 N–H and O–H groups in total. The second kappa shape index (κ2) is 6.23. The molecule has 23 heavy (non-hydrogen) atoms. The van der Waals surface area contributed by atoms with E-state index in [1.54, 1.807) is 0 Å². The highest BCUT2D eigenvalue weighted by molar-refractivity contribution is 5.96. The summed E-state index contributed by atoms with van der Waals surface area (Å²) in [5.74, 6) is 0.124. The predicted molar refractivity (Wildman–Crippen MR) is 95.6 cm³/mol. The monoisotopic (exact) mass is 310 g/mol. The van der Waals surface area contributed by atoms with Crippen molar-refractivity contribution in [3.63, 3.8) is 0 Å². The lowest BCUT2D eigenvalue weighted by Crippen LogP contribution is -2.29. The van der Waals surface area contributed by atoms with Crippen LogP contribution in [0.2, 0.25) is 0 Å². The van der Waals surface area contributed by atoms with Crippen molar-refractivity contribution >= 4 is 11.6 Å². The summed E-state index contributed by atoms with van der Waals surface area (Å²) < 4.78 is 2.26. The Balaban J connectivity index is 2.27. The number of aryl methyl sites for hydroxylation is 1. The van der Waals surface area contributed by atoms with E-state index in [0.717, 1.165) is 36.9 Å². The van der Waals surface area contributed by atoms with Gasteiger partial charge in [-0.2, -0.15) is 0 Å². The zero-order chi connectivity index (χ0) is 16.4. The number of aromatic nitrogens is 1. The van der Waals surface area contributed by atoms with Crippen molar-refractivity contribution in [3.8, 4) is 11.1 Å². The van der Waals surface area contributed by atoms with Gasteiger partial charge in [0.2, 0.25) is 5.91 Å². The highest BCUT2D eigenvalue weighted by Gasteiger charge is 2.36. The summed E-state index contributed by atoms with van der Waals surface area (Å²) in [4.78, 5) is 12.4. The van der Waals surface area contributed by atoms with Gasteiger partial charge in [-0.3, -0.25) is 4.79 Å². The zero-order valence-corrected chi connectivity index (χ0v) is 14.4. The Hall–Kier alpha value is -2.03. The van der Waals surface area contributed by atoms with E-state index in [4.69, 9.17) is 0 Å². The third-order valence-corrected chi connectivity index (χ3v) is 5.30. The minimum absolute atomic E-state index is 0.0666. The normalized spacial score (nSPS) is 20.7. The van der Waals surface area contributed by atoms with E-state index in [1.165, 1.54) is 11.3 Å². The molecule has 0 radical (unpaired) electrons. The molecule has 1 atom stereocenters. The molecular formula is C20H26N2O. The van der Waals surface area contributed by atoms with Crippen molar-refractivity contribution in [1.29, 1.82) is 0 Å². The molecule has 3 rings (SSSR count). The molecule has 1 aromatic heterocycles. The first-order valence-corrected chi connectivity index (χ1v) is 8.66. The zero-order valence-electron chi connectivity index (χ0n) is 14.4. The maximum Gasteiger partial charge on any atom is 0.224 e. The Morgan fingerprint density at radius 2 is 1.96 bits per heavy atom. The highest BCUT2D eigenvalue weighted by Crippen LogP contribution is 2.45. The second-order valence-electron chi connectivity index (χ2n) is 6.67. The maximum atomic E-state index is 12.4. The molecule has 1 amide bonds. The fraction of sp³-hybridized carbons (Fsp3) is 0.450. The van der Waals surface area contributed by atoms with E-state index in [2.05, 4.69) is 49.1 Å². The first-order chi connectivity index (χ1) is 11.1. The van der Waals surface area contributed by atoms with Crippen molar-refractivity contribution < 1.29 is 4.79 Å². The van der Waals surface area contributed by atoms with Crippen LogP contribution in [-0.2, 0) is 17.3 Å². The number of nitrogens with one attached hydrogen (secondary N) is 1. The summed E-state index contributed by atoms with van der Waals surface area (Å²) in [6.45, 7) is 4.49. The fourth-order valence-corrected chi connectivity index (χ4v) is 4.16. The number of para-hydroxylation sites is 1. The standard InChI is InChI=1S/C20H26N2O/c1-4-12-20(5-2)13-10-18(23)21-17-9-7-6-8-15(17)16-11-14-22(3)19(16)20/h6-9,11,14H,4-5,10,12-13H2,1-3H3,(H,21,23). The largest absolute Gasteiger partial charge is 0.353 e. The Kier molecular flexibility index (Phi) is 4.29. The molecule has 1 aliphatic heterocycles. The molecule has 0 fully saturated rings. The minimum Gasteiger partial charge on any atom is -0.353 e. The number of amides is 1. The molecular weight excluding hydrogens is 284 g/mol. The van der Waals surface area contributed by atoms with Crippen LogP contribution in [0.25, 0.3) is 11.1 Å². The summed E-state index contributed by atoms with van der Waals surface area (Å²) >= 11 is 0. The summed E-state index contributed by atoms with van der Waals surface area (Å²) in [7, 11) is 2.13. The van der Waals surface area contributed by atoms with Gasteiger partial charge < -0.3 is 9.88 Å². The number of nitrogens with zero attached hydrogens (tertiary/aromatic N) is 1. The Labute approximate surface area is 138 Å². The number of rotatable bonds is 3. The summed E-state index contributed by atoms with van der Waals surface area (Å²) in [6, 6.07) is 10.4. The molecule has 3 heteroatoms. The van der Waals surface area contributed by atoms with Gasteiger partial charge >= 0.3 is 0 Å². The summed E-state index contributed by atoms with van der Waals surface area (Å²) in [5, 5.41) is 3.11. The van der Waals surface area contributed by atoms with E-state index < -0.39 is 0 Å². The predicted octanol–water partition coefficient (Wildman–Crippen LogP) is 4.87. The summed E-state index contributed by atoms with van der Waals surface area (Å²) in [5.41, 5.74) is 4.77. The van der Waals surface area contributed by atoms with Crippen LogP contribution >= 0.6 is 0 Å². The quantitative estimate of drug-likeness (QED) is 0.862. The molecule has 3 nitrogen and oxygen atoms in total. The molecule has 2 aromatic rings. The maximum absolute atomic E-state index is 12.4. The number of hydrogen-bond acceptors (Lipinski definition) is 1. The number of carbonyl (C=O) groups excluding carboxylic acids is 1. The molecule has 1 unspecified atom stereocenters. The SMILES string of the molecule is CCCC1(CC)CCC(=O)Nc2ccccc2-c2ccn(C)c21.